The highest BCUT2D eigenvalue weighted by molar-refractivity contribution is 7.91. The Balaban J connectivity index is 1.84. The summed E-state index contributed by atoms with van der Waals surface area (Å²) in [6.45, 7) is 0. The Hall–Kier alpha value is -2.62. The van der Waals surface area contributed by atoms with Crippen LogP contribution in [0.3, 0.4) is 0 Å². The summed E-state index contributed by atoms with van der Waals surface area (Å²) >= 11 is 0. The minimum Gasteiger partial charge on any atom is -0.367 e. The first-order valence-corrected chi connectivity index (χ1v) is 9.39. The summed E-state index contributed by atoms with van der Waals surface area (Å²) < 4.78 is 36.2. The third-order valence-electron chi connectivity index (χ3n) is 4.01. The number of nitrogens with one attached hydrogen (secondary N) is 1. The number of halogens is 1. The normalized spacial score (nSPS) is 17.2. The minimum atomic E-state index is -2.96. The van der Waals surface area contributed by atoms with Crippen LogP contribution in [0.4, 0.5) is 15.9 Å². The topological polar surface area (TPSA) is 115 Å². The Kier molecular flexibility index (Phi) is 4.62. The number of hydrogen-bond donors (Lipinski definition) is 1. The summed E-state index contributed by atoms with van der Waals surface area (Å²) in [5.74, 6) is -0.0304. The van der Waals surface area contributed by atoms with E-state index in [0.29, 0.717) is 18.7 Å². The molecule has 1 aromatic carbocycles. The predicted octanol–water partition coefficient (Wildman–Crippen LogP) is 2.18. The second-order valence-electron chi connectivity index (χ2n) is 5.78. The maximum Gasteiger partial charge on any atom is 0.281 e. The van der Waals surface area contributed by atoms with E-state index in [9.17, 15) is 22.9 Å². The molecule has 1 saturated heterocycles. The molecule has 0 amide bonds. The van der Waals surface area contributed by atoms with Gasteiger partial charge in [0.25, 0.3) is 5.69 Å². The van der Waals surface area contributed by atoms with Crippen molar-refractivity contribution in [2.75, 3.05) is 16.8 Å². The van der Waals surface area contributed by atoms with Crippen LogP contribution in [0.5, 0.6) is 0 Å². The van der Waals surface area contributed by atoms with Gasteiger partial charge in [-0.3, -0.25) is 10.1 Å². The molecule has 10 heteroatoms. The average Bonchev–Trinajstić information content (AvgIpc) is 2.57. The number of aromatic nitrogens is 2. The van der Waals surface area contributed by atoms with Gasteiger partial charge in [-0.1, -0.05) is 0 Å². The highest BCUT2D eigenvalue weighted by atomic mass is 32.2. The maximum absolute atomic E-state index is 13.3. The lowest BCUT2D eigenvalue weighted by Crippen LogP contribution is -2.32. The molecule has 0 unspecified atom stereocenters. The van der Waals surface area contributed by atoms with Crippen LogP contribution in [0.25, 0.3) is 11.3 Å². The molecular formula is C15H15FN4O4S. The molecule has 2 heterocycles. The molecule has 1 aliphatic rings. The van der Waals surface area contributed by atoms with Gasteiger partial charge < -0.3 is 5.32 Å². The number of rotatable bonds is 4. The summed E-state index contributed by atoms with van der Waals surface area (Å²) in [5, 5.41) is 14.3. The van der Waals surface area contributed by atoms with Crippen molar-refractivity contribution in [3.63, 3.8) is 0 Å². The van der Waals surface area contributed by atoms with Gasteiger partial charge in [0, 0.05) is 12.1 Å². The van der Waals surface area contributed by atoms with E-state index in [2.05, 4.69) is 15.3 Å². The molecule has 1 aliphatic heterocycles. The first-order chi connectivity index (χ1) is 11.8. The zero-order valence-corrected chi connectivity index (χ0v) is 13.9. The number of nitrogens with zero attached hydrogens (tertiary/aromatic N) is 3. The molecule has 1 fully saturated rings. The van der Waals surface area contributed by atoms with Crippen molar-refractivity contribution in [1.82, 2.24) is 9.97 Å². The fourth-order valence-electron chi connectivity index (χ4n) is 2.70. The van der Waals surface area contributed by atoms with E-state index in [1.54, 1.807) is 0 Å². The first-order valence-electron chi connectivity index (χ1n) is 7.57. The SMILES string of the molecule is O=[N+]([O-])c1cc(F)ccc1-c1cc(NC2CCS(=O)(=O)CC2)ncn1. The van der Waals surface area contributed by atoms with Gasteiger partial charge in [-0.25, -0.2) is 22.8 Å². The van der Waals surface area contributed by atoms with E-state index in [1.807, 2.05) is 0 Å². The van der Waals surface area contributed by atoms with E-state index in [-0.39, 0.29) is 34.5 Å². The lowest BCUT2D eigenvalue weighted by atomic mass is 10.1. The molecule has 2 aromatic rings. The van der Waals surface area contributed by atoms with Crippen molar-refractivity contribution >= 4 is 21.3 Å². The van der Waals surface area contributed by atoms with Crippen molar-refractivity contribution < 1.29 is 17.7 Å². The Bertz CT molecular complexity index is 905. The third-order valence-corrected chi connectivity index (χ3v) is 5.72. The zero-order valence-electron chi connectivity index (χ0n) is 13.1. The van der Waals surface area contributed by atoms with E-state index in [1.165, 1.54) is 18.5 Å². The fourth-order valence-corrected chi connectivity index (χ4v) is 4.19. The summed E-state index contributed by atoms with van der Waals surface area (Å²) in [6.07, 6.45) is 2.20. The average molecular weight is 366 g/mol. The molecule has 0 aliphatic carbocycles. The van der Waals surface area contributed by atoms with E-state index in [0.717, 1.165) is 12.1 Å². The van der Waals surface area contributed by atoms with Crippen LogP contribution >= 0.6 is 0 Å². The van der Waals surface area contributed by atoms with Crippen molar-refractivity contribution in [2.45, 2.75) is 18.9 Å². The molecule has 0 saturated carbocycles. The summed E-state index contributed by atoms with van der Waals surface area (Å²) in [5.41, 5.74) is 0.0871. The lowest BCUT2D eigenvalue weighted by Gasteiger charge is -2.23. The van der Waals surface area contributed by atoms with Gasteiger partial charge in [0.1, 0.15) is 27.8 Å². The Morgan fingerprint density at radius 1 is 1.20 bits per heavy atom. The highest BCUT2D eigenvalue weighted by Gasteiger charge is 2.24. The molecule has 8 nitrogen and oxygen atoms in total. The molecule has 0 atom stereocenters. The van der Waals surface area contributed by atoms with E-state index >= 15 is 0 Å². The van der Waals surface area contributed by atoms with Gasteiger partial charge >= 0.3 is 0 Å². The van der Waals surface area contributed by atoms with Crippen molar-refractivity contribution in [2.24, 2.45) is 0 Å². The summed E-state index contributed by atoms with van der Waals surface area (Å²) in [7, 11) is -2.96. The van der Waals surface area contributed by atoms with Gasteiger partial charge in [0.05, 0.1) is 33.8 Å². The monoisotopic (exact) mass is 366 g/mol. The predicted molar refractivity (Wildman–Crippen MR) is 89.4 cm³/mol. The van der Waals surface area contributed by atoms with Gasteiger partial charge in [0.15, 0.2) is 0 Å². The number of hydrogen-bond acceptors (Lipinski definition) is 7. The van der Waals surface area contributed by atoms with Crippen molar-refractivity contribution in [3.8, 4) is 11.3 Å². The molecule has 132 valence electrons. The zero-order chi connectivity index (χ0) is 18.0. The number of benzene rings is 1. The van der Waals surface area contributed by atoms with Crippen LogP contribution in [0, 0.1) is 15.9 Å². The number of nitro groups is 1. The second kappa shape index (κ2) is 6.71. The van der Waals surface area contributed by atoms with Crippen LogP contribution in [0.1, 0.15) is 12.8 Å². The Morgan fingerprint density at radius 2 is 1.92 bits per heavy atom. The summed E-state index contributed by atoms with van der Waals surface area (Å²) in [4.78, 5) is 18.6. The first kappa shape index (κ1) is 17.2. The fraction of sp³-hybridized carbons (Fsp3) is 0.333. The summed E-state index contributed by atoms with van der Waals surface area (Å²) in [6, 6.07) is 4.75. The molecule has 25 heavy (non-hydrogen) atoms. The van der Waals surface area contributed by atoms with Crippen LogP contribution in [-0.4, -0.2) is 40.9 Å². The maximum atomic E-state index is 13.3. The number of nitro benzene ring substituents is 1. The smallest absolute Gasteiger partial charge is 0.281 e. The highest BCUT2D eigenvalue weighted by Crippen LogP contribution is 2.30. The quantitative estimate of drug-likeness (QED) is 0.651. The molecule has 1 aromatic heterocycles. The van der Waals surface area contributed by atoms with Crippen LogP contribution in [0.15, 0.2) is 30.6 Å². The molecule has 0 radical (unpaired) electrons. The molecule has 0 bridgehead atoms. The van der Waals surface area contributed by atoms with Crippen molar-refractivity contribution in [3.05, 3.63) is 46.5 Å². The molecule has 1 N–H and O–H groups in total. The Morgan fingerprint density at radius 3 is 2.60 bits per heavy atom. The largest absolute Gasteiger partial charge is 0.367 e. The van der Waals surface area contributed by atoms with E-state index in [4.69, 9.17) is 0 Å². The lowest BCUT2D eigenvalue weighted by molar-refractivity contribution is -0.384. The van der Waals surface area contributed by atoms with Crippen LogP contribution < -0.4 is 5.32 Å². The Labute approximate surface area is 143 Å². The van der Waals surface area contributed by atoms with E-state index < -0.39 is 20.6 Å². The van der Waals surface area contributed by atoms with Gasteiger partial charge in [-0.2, -0.15) is 0 Å². The van der Waals surface area contributed by atoms with Gasteiger partial charge in [-0.05, 0) is 25.0 Å². The minimum absolute atomic E-state index is 0.0468. The number of anilines is 1. The van der Waals surface area contributed by atoms with Gasteiger partial charge in [0.2, 0.25) is 0 Å². The van der Waals surface area contributed by atoms with Crippen molar-refractivity contribution in [1.29, 1.82) is 0 Å². The van der Waals surface area contributed by atoms with Gasteiger partial charge in [-0.15, -0.1) is 0 Å². The molecular weight excluding hydrogens is 351 g/mol. The third kappa shape index (κ3) is 4.08. The second-order valence-corrected chi connectivity index (χ2v) is 8.08. The van der Waals surface area contributed by atoms with Crippen LogP contribution in [0.2, 0.25) is 0 Å². The molecule has 3 rings (SSSR count). The standard InChI is InChI=1S/C15H15FN4O4S/c16-10-1-2-12(14(7-10)20(21)22)13-8-15(18-9-17-13)19-11-3-5-25(23,24)6-4-11/h1-2,7-9,11H,3-6H2,(H,17,18,19). The molecule has 0 spiro atoms. The van der Waals surface area contributed by atoms with Crippen LogP contribution in [-0.2, 0) is 9.84 Å². The number of sulfone groups is 1.